The summed E-state index contributed by atoms with van der Waals surface area (Å²) in [4.78, 5) is 0. The lowest BCUT2D eigenvalue weighted by molar-refractivity contribution is -1.02. The Morgan fingerprint density at radius 1 is 0.270 bits per heavy atom. The van der Waals surface area contributed by atoms with E-state index in [-0.39, 0.29) is 0 Å². The molecule has 0 radical (unpaired) electrons. The Labute approximate surface area is 656 Å². The van der Waals surface area contributed by atoms with E-state index >= 15 is 0 Å². The Kier molecular flexibility index (Phi) is 11.5. The molecule has 0 N–H and O–H groups in total. The fraction of sp³-hybridized carbons (Fsp3) is 0.0408. The average Bonchev–Trinajstić information content (AvgIpc) is 1.50. The van der Waals surface area contributed by atoms with Crippen LogP contribution in [0.5, 0.6) is 34.5 Å². The molecule has 0 fully saturated rings. The van der Waals surface area contributed by atoms with Crippen LogP contribution in [0, 0.1) is 0 Å². The van der Waals surface area contributed by atoms with E-state index in [2.05, 4.69) is 444 Å². The molecule has 115 heavy (non-hydrogen) atoms. The van der Waals surface area contributed by atoms with Gasteiger partial charge < -0.3 is 23.0 Å². The highest BCUT2D eigenvalue weighted by Gasteiger charge is 2.76. The second-order valence-corrected chi connectivity index (χ2v) is 31.0. The van der Waals surface area contributed by atoms with Gasteiger partial charge in [-0.2, -0.15) is 4.57 Å². The van der Waals surface area contributed by atoms with Gasteiger partial charge in [0.15, 0.2) is 22.3 Å². The van der Waals surface area contributed by atoms with Gasteiger partial charge in [0.25, 0.3) is 5.82 Å². The van der Waals surface area contributed by atoms with E-state index in [4.69, 9.17) is 14.2 Å². The first-order chi connectivity index (χ1) is 56.9. The lowest BCUT2D eigenvalue weighted by Crippen LogP contribution is -2.74. The predicted octanol–water partition coefficient (Wildman–Crippen LogP) is 16.3. The fourth-order valence-electron chi connectivity index (χ4n) is 20.8. The molecule has 10 aromatic carbocycles. The quantitative estimate of drug-likeness (QED) is 0.155. The largest absolute Gasteiger partial charge is 0.469 e. The van der Waals surface area contributed by atoms with Gasteiger partial charge in [-0.3, -0.25) is 0 Å². The van der Waals surface area contributed by atoms with E-state index in [0.29, 0.717) is 0 Å². The number of imidazole rings is 1. The zero-order valence-electron chi connectivity index (χ0n) is 61.7. The van der Waals surface area contributed by atoms with Crippen molar-refractivity contribution in [2.24, 2.45) is 7.05 Å². The van der Waals surface area contributed by atoms with E-state index in [1.165, 1.54) is 94.9 Å². The maximum atomic E-state index is 6.63. The van der Waals surface area contributed by atoms with Gasteiger partial charge in [-0.25, -0.2) is 4.57 Å². The van der Waals surface area contributed by atoms with Crippen molar-refractivity contribution in [1.29, 1.82) is 0 Å². The Morgan fingerprint density at radius 3 is 1.21 bits per heavy atom. The van der Waals surface area contributed by atoms with Crippen LogP contribution < -0.4 is 42.2 Å². The topological polar surface area (TPSA) is 89.4 Å². The van der Waals surface area contributed by atoms with Crippen LogP contribution in [0.3, 0.4) is 0 Å². The van der Waals surface area contributed by atoms with Gasteiger partial charge in [0.1, 0.15) is 86.5 Å². The SMILES string of the molecule is C[n+]1ccn2c1-c1cccc3c1C21c2c(cccc2-n2cc(-c4cccc(-c5ccccc5)c4)c[n+]21)O3.c1cc2c3c(c1)-n1ccc[n+]1C31c3c(cccc3-n3cc(-c4ccc5ccccn45)c[n+]31)O2.c1ccc(-c2ccc(-c3cn4[n+](c3)C35c6c(cccc6-4)Oc4cccc(c43)-n3cc(-c4ccc6ccccn46)c[n+]35)cc2)cc1. The number of aromatic nitrogens is 14. The van der Waals surface area contributed by atoms with Crippen LogP contribution in [0.2, 0.25) is 0 Å². The van der Waals surface area contributed by atoms with Crippen molar-refractivity contribution in [3.63, 3.8) is 0 Å². The number of pyridine rings is 2. The molecule has 3 unspecified atom stereocenters. The average molecular weight is 1490 g/mol. The first-order valence-electron chi connectivity index (χ1n) is 39.0. The van der Waals surface area contributed by atoms with Gasteiger partial charge in [-0.05, 0) is 180 Å². The van der Waals surface area contributed by atoms with Gasteiger partial charge in [-0.15, -0.1) is 23.4 Å². The number of nitrogens with zero attached hydrogens (tertiary/aromatic N) is 14. The summed E-state index contributed by atoms with van der Waals surface area (Å²) in [5.41, 5.74) is 28.8. The molecule has 17 nitrogen and oxygen atoms in total. The van der Waals surface area contributed by atoms with Crippen molar-refractivity contribution in [3.8, 4) is 141 Å². The zero-order valence-corrected chi connectivity index (χ0v) is 61.7. The first kappa shape index (κ1) is 61.2. The highest BCUT2D eigenvalue weighted by Crippen LogP contribution is 2.60. The number of rotatable bonds is 6. The monoisotopic (exact) mass is 1480 g/mol. The summed E-state index contributed by atoms with van der Waals surface area (Å²) >= 11 is 0. The zero-order chi connectivity index (χ0) is 74.9. The number of fused-ring (bicyclic) bond motifs is 14. The second-order valence-electron chi connectivity index (χ2n) is 31.0. The van der Waals surface area contributed by atoms with E-state index in [1.54, 1.807) is 0 Å². The number of aryl methyl sites for hydroxylation is 1. The number of hydrogen-bond donors (Lipinski definition) is 0. The third-order valence-corrected chi connectivity index (χ3v) is 25.3. The smallest absolute Gasteiger partial charge is 0.456 e. The van der Waals surface area contributed by atoms with E-state index in [1.807, 2.05) is 0 Å². The van der Waals surface area contributed by atoms with Gasteiger partial charge in [0, 0.05) is 29.5 Å². The van der Waals surface area contributed by atoms with Crippen molar-refractivity contribution in [2.75, 3.05) is 0 Å². The summed E-state index contributed by atoms with van der Waals surface area (Å²) in [7, 11) is 2.12. The lowest BCUT2D eigenvalue weighted by Gasteiger charge is -2.25. The summed E-state index contributed by atoms with van der Waals surface area (Å²) in [6.45, 7) is 0. The van der Waals surface area contributed by atoms with Gasteiger partial charge in [-0.1, -0.05) is 156 Å². The highest BCUT2D eigenvalue weighted by molar-refractivity contribution is 5.81. The van der Waals surface area contributed by atoms with E-state index in [0.717, 1.165) is 90.9 Å². The Hall–Kier alpha value is -15.6. The normalized spacial score (nSPS) is 17.1. The molecule has 29 rings (SSSR count). The number of hydrogen-bond acceptors (Lipinski definition) is 3. The van der Waals surface area contributed by atoms with Crippen LogP contribution in [-0.2, 0) is 24.0 Å². The predicted molar refractivity (Wildman–Crippen MR) is 430 cm³/mol. The van der Waals surface area contributed by atoms with Crippen LogP contribution >= 0.6 is 0 Å². The molecule has 20 aromatic rings. The van der Waals surface area contributed by atoms with Crippen LogP contribution in [0.25, 0.3) is 118 Å². The van der Waals surface area contributed by atoms with Crippen LogP contribution in [0.1, 0.15) is 33.4 Å². The molecule has 19 heterocycles. The molecule has 0 bridgehead atoms. The van der Waals surface area contributed by atoms with Gasteiger partial charge in [0.05, 0.1) is 77.2 Å². The van der Waals surface area contributed by atoms with Crippen molar-refractivity contribution in [3.05, 3.63) is 405 Å². The molecule has 17 heteroatoms. The van der Waals surface area contributed by atoms with Crippen molar-refractivity contribution < 1.29 is 42.2 Å². The molecule has 9 aliphatic heterocycles. The third kappa shape index (κ3) is 7.57. The first-order valence-corrected chi connectivity index (χ1v) is 39.0. The molecule has 0 amide bonds. The maximum absolute atomic E-state index is 6.63. The Balaban J connectivity index is 0.0000000938. The molecule has 3 spiro atoms. The summed E-state index contributed by atoms with van der Waals surface area (Å²) in [6.07, 6.45) is 31.1. The summed E-state index contributed by atoms with van der Waals surface area (Å²) < 4.78 is 52.0. The standard InChI is InChI=1S/C39H25N5O.C32H22N4O.C27H17N5O/c1-2-8-26(9-3-1)27-15-17-28(18-16-27)29-22-41-33-11-6-13-35-37(33)39(43(41)24-29)38-34(12-7-14-36(38)45-35)42-23-30(25-44(39)42)32-20-19-31-10-4-5-21-40(31)32;1-33-16-17-34-31(33)25-12-6-14-27-29(25)32(34)30-26(13-7-15-28(30)37-27)35-19-24(20-36(32)35)23-11-5-10-22(18-23)21-8-3-2-4-9-21;1-2-13-28-19(6-1)11-12-20(28)18-16-30-22-8-4-10-24-26(22)27(32(30)17-18)25-21(7-3-9-23(25)33-24)29-14-5-15-31(27)29/h1-25H;2-20H,1H3;1-17H/q3*+2. The van der Waals surface area contributed by atoms with Crippen LogP contribution in [0.15, 0.2) is 372 Å². The molecular weight excluding hydrogens is 1420 g/mol. The summed E-state index contributed by atoms with van der Waals surface area (Å²) in [6, 6.07) is 101. The Morgan fingerprint density at radius 2 is 0.661 bits per heavy atom. The molecule has 10 aromatic heterocycles. The van der Waals surface area contributed by atoms with E-state index < -0.39 is 17.0 Å². The van der Waals surface area contributed by atoms with Crippen LogP contribution in [0.4, 0.5) is 0 Å². The van der Waals surface area contributed by atoms with Crippen molar-refractivity contribution in [1.82, 2.24) is 36.8 Å². The molecular formula is C98H64N14O3+6. The molecule has 9 aliphatic rings. The Bertz CT molecular complexity index is 7690. The molecule has 3 atom stereocenters. The lowest BCUT2D eigenvalue weighted by atomic mass is 9.87. The van der Waals surface area contributed by atoms with Gasteiger partial charge >= 0.3 is 17.0 Å². The van der Waals surface area contributed by atoms with Crippen molar-refractivity contribution in [2.45, 2.75) is 17.0 Å². The summed E-state index contributed by atoms with van der Waals surface area (Å²) in [5.74, 6) is 6.60. The fourth-order valence-corrected chi connectivity index (χ4v) is 20.8. The molecule has 0 saturated carbocycles. The minimum absolute atomic E-state index is 0.537. The number of ether oxygens (including phenoxy) is 3. The molecule has 0 saturated heterocycles. The third-order valence-electron chi connectivity index (χ3n) is 25.3. The maximum Gasteiger partial charge on any atom is 0.469 e. The second kappa shape index (κ2) is 21.7. The van der Waals surface area contributed by atoms with Crippen molar-refractivity contribution >= 4 is 11.0 Å². The van der Waals surface area contributed by atoms with Gasteiger partial charge in [0.2, 0.25) is 31.0 Å². The number of benzene rings is 10. The highest BCUT2D eigenvalue weighted by atomic mass is 16.5. The summed E-state index contributed by atoms with van der Waals surface area (Å²) in [5, 5.41) is 0. The van der Waals surface area contributed by atoms with Crippen LogP contribution in [-0.4, -0.2) is 36.8 Å². The minimum atomic E-state index is -0.649. The minimum Gasteiger partial charge on any atom is -0.456 e. The van der Waals surface area contributed by atoms with E-state index in [9.17, 15) is 0 Å². The molecule has 538 valence electrons. The molecule has 0 aliphatic carbocycles.